The van der Waals surface area contributed by atoms with Crippen molar-refractivity contribution in [3.63, 3.8) is 0 Å². The number of imidazole rings is 1. The third kappa shape index (κ3) is 4.05. The number of carboxylic acids is 1. The number of hydrogen-bond acceptors (Lipinski definition) is 8. The summed E-state index contributed by atoms with van der Waals surface area (Å²) in [6.45, 7) is 2.86. The van der Waals surface area contributed by atoms with Crippen LogP contribution in [-0.4, -0.2) is 61.4 Å². The number of fused-ring (bicyclic) bond motifs is 1. The average Bonchev–Trinajstić information content (AvgIpc) is 3.15. The molecule has 0 saturated carbocycles. The maximum absolute atomic E-state index is 15.9. The summed E-state index contributed by atoms with van der Waals surface area (Å²) in [7, 11) is 0. The normalized spacial score (nSPS) is 24.6. The van der Waals surface area contributed by atoms with Crippen LogP contribution in [0.3, 0.4) is 0 Å². The van der Waals surface area contributed by atoms with Crippen molar-refractivity contribution in [3.8, 4) is 0 Å². The number of alkyl halides is 1. The maximum atomic E-state index is 15.9. The molecule has 0 bridgehead atoms. The molecule has 0 aliphatic carbocycles. The van der Waals surface area contributed by atoms with Crippen LogP contribution in [0.15, 0.2) is 6.33 Å². The number of ether oxygens (including phenoxy) is 2. The highest BCUT2D eigenvalue weighted by Crippen LogP contribution is 2.46. The lowest BCUT2D eigenvalue weighted by atomic mass is 9.82. The molecule has 0 spiro atoms. The standard InChI is InChI=1S/C17H19ClFN5O6/c1-7(25)21-16-22-12(18)11-13(23-16)24(6-20-11)15-17(3,19)10(5-30-15)9(14(27)28)4-29-8(2)26/h6,9-10,15H,4-5H2,1-3H3,(H,27,28)(H,21,22,23,25)/t9-,10-,15+,17+/m0/s1. The fourth-order valence-corrected chi connectivity index (χ4v) is 3.61. The second-order valence-corrected chi connectivity index (χ2v) is 7.39. The number of carbonyl (C=O) groups excluding carboxylic acids is 2. The molecule has 0 radical (unpaired) electrons. The summed E-state index contributed by atoms with van der Waals surface area (Å²) in [5.41, 5.74) is -1.94. The highest BCUT2D eigenvalue weighted by atomic mass is 35.5. The molecule has 1 saturated heterocycles. The Morgan fingerprint density at radius 1 is 1.47 bits per heavy atom. The van der Waals surface area contributed by atoms with Crippen LogP contribution in [0.1, 0.15) is 27.0 Å². The third-order valence-electron chi connectivity index (χ3n) is 4.83. The number of amides is 1. The van der Waals surface area contributed by atoms with Crippen LogP contribution in [0, 0.1) is 11.8 Å². The maximum Gasteiger partial charge on any atom is 0.310 e. The van der Waals surface area contributed by atoms with Gasteiger partial charge in [-0.05, 0) is 6.92 Å². The number of rotatable bonds is 6. The van der Waals surface area contributed by atoms with E-state index in [1.54, 1.807) is 0 Å². The first-order valence-electron chi connectivity index (χ1n) is 8.86. The number of aliphatic carboxylic acids is 1. The van der Waals surface area contributed by atoms with E-state index in [-0.39, 0.29) is 28.9 Å². The first-order valence-corrected chi connectivity index (χ1v) is 9.24. The zero-order valence-corrected chi connectivity index (χ0v) is 17.0. The van der Waals surface area contributed by atoms with Gasteiger partial charge in [0.15, 0.2) is 22.7 Å². The van der Waals surface area contributed by atoms with Crippen molar-refractivity contribution in [1.29, 1.82) is 0 Å². The molecule has 1 amide bonds. The molecule has 1 fully saturated rings. The van der Waals surface area contributed by atoms with Crippen molar-refractivity contribution >= 4 is 46.6 Å². The van der Waals surface area contributed by atoms with Gasteiger partial charge in [-0.25, -0.2) is 9.37 Å². The Balaban J connectivity index is 1.97. The average molecular weight is 444 g/mol. The fourth-order valence-electron chi connectivity index (χ4n) is 3.40. The van der Waals surface area contributed by atoms with Gasteiger partial charge in [0, 0.05) is 19.8 Å². The van der Waals surface area contributed by atoms with Gasteiger partial charge < -0.3 is 14.6 Å². The molecule has 11 nitrogen and oxygen atoms in total. The van der Waals surface area contributed by atoms with Crippen molar-refractivity contribution in [2.75, 3.05) is 18.5 Å². The Bertz CT molecular complexity index is 1010. The Labute approximate surface area is 174 Å². The molecule has 0 unspecified atom stereocenters. The van der Waals surface area contributed by atoms with Gasteiger partial charge in [0.25, 0.3) is 0 Å². The van der Waals surface area contributed by atoms with E-state index in [4.69, 9.17) is 21.1 Å². The topological polar surface area (TPSA) is 146 Å². The minimum absolute atomic E-state index is 0.0594. The highest BCUT2D eigenvalue weighted by molar-refractivity contribution is 6.33. The zero-order chi connectivity index (χ0) is 22.2. The number of nitrogens with zero attached hydrogens (tertiary/aromatic N) is 4. The molecule has 3 heterocycles. The molecule has 0 aromatic carbocycles. The monoisotopic (exact) mass is 443 g/mol. The van der Waals surface area contributed by atoms with Gasteiger partial charge >= 0.3 is 11.9 Å². The summed E-state index contributed by atoms with van der Waals surface area (Å²) in [6, 6.07) is 0. The molecule has 2 N–H and O–H groups in total. The smallest absolute Gasteiger partial charge is 0.310 e. The zero-order valence-electron chi connectivity index (χ0n) is 16.3. The van der Waals surface area contributed by atoms with Gasteiger partial charge in [0.05, 0.1) is 18.9 Å². The van der Waals surface area contributed by atoms with Crippen molar-refractivity contribution in [2.24, 2.45) is 11.8 Å². The predicted octanol–water partition coefficient (Wildman–Crippen LogP) is 1.58. The number of carboxylic acid groups (broad SMARTS) is 1. The summed E-state index contributed by atoms with van der Waals surface area (Å²) >= 11 is 6.09. The molecule has 4 atom stereocenters. The largest absolute Gasteiger partial charge is 0.481 e. The van der Waals surface area contributed by atoms with Crippen LogP contribution in [0.2, 0.25) is 5.15 Å². The van der Waals surface area contributed by atoms with Crippen LogP contribution in [0.5, 0.6) is 0 Å². The van der Waals surface area contributed by atoms with Gasteiger partial charge in [-0.2, -0.15) is 9.97 Å². The Morgan fingerprint density at radius 3 is 2.77 bits per heavy atom. The summed E-state index contributed by atoms with van der Waals surface area (Å²) in [6.07, 6.45) is -0.0435. The van der Waals surface area contributed by atoms with E-state index in [2.05, 4.69) is 20.3 Å². The molecule has 2 aromatic rings. The van der Waals surface area contributed by atoms with Crippen molar-refractivity contribution in [1.82, 2.24) is 19.5 Å². The van der Waals surface area contributed by atoms with E-state index in [1.165, 1.54) is 24.7 Å². The fraction of sp³-hybridized carbons (Fsp3) is 0.529. The minimum Gasteiger partial charge on any atom is -0.481 e. The lowest BCUT2D eigenvalue weighted by molar-refractivity contribution is -0.154. The second kappa shape index (κ2) is 8.11. The Morgan fingerprint density at radius 2 is 2.17 bits per heavy atom. The summed E-state index contributed by atoms with van der Waals surface area (Å²) in [5.74, 6) is -4.97. The summed E-state index contributed by atoms with van der Waals surface area (Å²) in [4.78, 5) is 46.2. The Hall–Kier alpha value is -2.86. The van der Waals surface area contributed by atoms with E-state index >= 15 is 4.39 Å². The molecule has 1 aliphatic rings. The first-order chi connectivity index (χ1) is 14.0. The lowest BCUT2D eigenvalue weighted by Gasteiger charge is -2.30. The highest BCUT2D eigenvalue weighted by Gasteiger charge is 2.55. The number of hydrogen-bond donors (Lipinski definition) is 2. The molecular weight excluding hydrogens is 425 g/mol. The van der Waals surface area contributed by atoms with E-state index in [9.17, 15) is 19.5 Å². The molecule has 30 heavy (non-hydrogen) atoms. The minimum atomic E-state index is -2.19. The van der Waals surface area contributed by atoms with E-state index in [1.807, 2.05) is 0 Å². The second-order valence-electron chi connectivity index (χ2n) is 7.03. The predicted molar refractivity (Wildman–Crippen MR) is 100 cm³/mol. The molecule has 2 aromatic heterocycles. The number of anilines is 1. The molecular formula is C17H19ClFN5O6. The van der Waals surface area contributed by atoms with Crippen molar-refractivity contribution in [3.05, 3.63) is 11.5 Å². The van der Waals surface area contributed by atoms with Crippen LogP contribution in [0.4, 0.5) is 10.3 Å². The van der Waals surface area contributed by atoms with E-state index < -0.39 is 48.2 Å². The number of esters is 1. The molecule has 3 rings (SSSR count). The van der Waals surface area contributed by atoms with Crippen LogP contribution in [-0.2, 0) is 23.9 Å². The molecule has 1 aliphatic heterocycles. The van der Waals surface area contributed by atoms with Crippen molar-refractivity contribution in [2.45, 2.75) is 32.7 Å². The molecule has 162 valence electrons. The van der Waals surface area contributed by atoms with Gasteiger partial charge in [-0.15, -0.1) is 0 Å². The SMILES string of the molecule is CC(=O)Nc1nc(Cl)c2ncn([C@@H]3OC[C@@H]([C@H](COC(C)=O)C(=O)O)[C@@]3(C)F)c2n1. The van der Waals surface area contributed by atoms with E-state index in [0.717, 1.165) is 6.92 Å². The Kier molecular flexibility index (Phi) is 5.90. The summed E-state index contributed by atoms with van der Waals surface area (Å²) in [5, 5.41) is 11.8. The number of carbonyl (C=O) groups is 3. The third-order valence-corrected chi connectivity index (χ3v) is 5.09. The lowest BCUT2D eigenvalue weighted by Crippen LogP contribution is -2.42. The van der Waals surface area contributed by atoms with Gasteiger partial charge in [0.1, 0.15) is 12.1 Å². The van der Waals surface area contributed by atoms with E-state index in [0.29, 0.717) is 0 Å². The van der Waals surface area contributed by atoms with Gasteiger partial charge in [-0.1, -0.05) is 11.6 Å². The molecule has 13 heteroatoms. The van der Waals surface area contributed by atoms with Crippen LogP contribution in [0.25, 0.3) is 11.2 Å². The van der Waals surface area contributed by atoms with Crippen LogP contribution >= 0.6 is 11.6 Å². The first kappa shape index (κ1) is 21.8. The summed E-state index contributed by atoms with van der Waals surface area (Å²) < 4.78 is 27.5. The van der Waals surface area contributed by atoms with Gasteiger partial charge in [0.2, 0.25) is 11.9 Å². The number of halogens is 2. The quantitative estimate of drug-likeness (QED) is 0.501. The van der Waals surface area contributed by atoms with Crippen LogP contribution < -0.4 is 5.32 Å². The van der Waals surface area contributed by atoms with Gasteiger partial charge in [-0.3, -0.25) is 24.3 Å². The van der Waals surface area contributed by atoms with Crippen molar-refractivity contribution < 1.29 is 33.4 Å². The number of nitrogens with one attached hydrogen (secondary N) is 1. The number of aromatic nitrogens is 4.